The number of rotatable bonds is 23. The Balaban J connectivity index is 0.938. The Bertz CT molecular complexity index is 1860. The average molecular weight is 1190 g/mol. The van der Waals surface area contributed by atoms with Gasteiger partial charge < -0.3 is 149 Å². The zero-order valence-electron chi connectivity index (χ0n) is 45.5. The van der Waals surface area contributed by atoms with E-state index in [2.05, 4.69) is 0 Å². The minimum absolute atomic E-state index is 0.0208. The highest BCUT2D eigenvalue weighted by Gasteiger charge is 2.55. The molecule has 0 radical (unpaired) electrons. The highest BCUT2D eigenvalue weighted by molar-refractivity contribution is 5.00. The number of hydrogen-bond acceptors (Lipinski definition) is 32. The van der Waals surface area contributed by atoms with Crippen LogP contribution in [0.4, 0.5) is 0 Å². The smallest absolute Gasteiger partial charge is 0.197 e. The molecule has 474 valence electrons. The summed E-state index contributed by atoms with van der Waals surface area (Å²) in [6.45, 7) is 3.41. The third-order valence-electron chi connectivity index (χ3n) is 15.9. The van der Waals surface area contributed by atoms with Crippen molar-refractivity contribution in [1.82, 2.24) is 9.80 Å². The number of hydrogen-bond donors (Lipinski definition) is 18. The zero-order valence-corrected chi connectivity index (χ0v) is 45.5. The van der Waals surface area contributed by atoms with Crippen molar-refractivity contribution in [2.75, 3.05) is 79.0 Å². The van der Waals surface area contributed by atoms with Crippen LogP contribution in [-0.2, 0) is 56.8 Å². The van der Waals surface area contributed by atoms with E-state index >= 15 is 0 Å². The Labute approximate surface area is 466 Å². The van der Waals surface area contributed by atoms with Crippen molar-refractivity contribution >= 4 is 0 Å². The van der Waals surface area contributed by atoms with Crippen LogP contribution < -0.4 is 0 Å². The lowest BCUT2D eigenvalue weighted by atomic mass is 9.89. The molecule has 32 heteroatoms. The summed E-state index contributed by atoms with van der Waals surface area (Å²) in [5.41, 5.74) is 0. The first-order chi connectivity index (χ1) is 38.5. The maximum Gasteiger partial charge on any atom is 0.197 e. The molecule has 0 aromatic carbocycles. The molecule has 7 aliphatic heterocycles. The molecule has 18 N–H and O–H groups in total. The number of morpholine rings is 2. The first kappa shape index (κ1) is 67.2. The van der Waals surface area contributed by atoms with Crippen molar-refractivity contribution in [3.63, 3.8) is 0 Å². The molecule has 0 aliphatic carbocycles. The molecule has 0 amide bonds. The van der Waals surface area contributed by atoms with Crippen molar-refractivity contribution in [3.8, 4) is 0 Å². The van der Waals surface area contributed by atoms with Gasteiger partial charge in [0.1, 0.15) is 122 Å². The van der Waals surface area contributed by atoms with Gasteiger partial charge >= 0.3 is 0 Å². The van der Waals surface area contributed by atoms with Crippen molar-refractivity contribution < 1.29 is 149 Å². The molecule has 30 atom stereocenters. The normalized spacial score (nSPS) is 48.0. The SMILES string of the molecule is CC(C)C1OC(COC2OC(CO)C(O)C(OC3CN(CCCN4CC(CO)OC(OCC5OC(C(C)C)C(O)C(OC6OC(CO)C(O)C(O)C6O)C5O)C4O)CC(CO)O3)C2O)C(O)C(OC2OC(CO)C(O)C(O)C2O)C1O. The molecule has 7 aliphatic rings. The molecule has 7 rings (SSSR count). The van der Waals surface area contributed by atoms with Gasteiger partial charge in [-0.3, -0.25) is 9.80 Å². The van der Waals surface area contributed by atoms with Crippen LogP contribution in [0.1, 0.15) is 34.1 Å². The Kier molecular flexibility index (Phi) is 25.0. The van der Waals surface area contributed by atoms with E-state index in [1.54, 1.807) is 32.6 Å². The second-order valence-corrected chi connectivity index (χ2v) is 22.5. The molecule has 0 bridgehead atoms. The summed E-state index contributed by atoms with van der Waals surface area (Å²) in [6.07, 6.45) is -44.3. The number of ether oxygens (including phenoxy) is 12. The Hall–Kier alpha value is -1.28. The molecule has 32 nitrogen and oxygen atoms in total. The fraction of sp³-hybridized carbons (Fsp3) is 1.00. The summed E-state index contributed by atoms with van der Waals surface area (Å²) in [4.78, 5) is 3.46. The summed E-state index contributed by atoms with van der Waals surface area (Å²) in [6, 6.07) is 0. The topological polar surface area (TPSA) is 481 Å². The second-order valence-electron chi connectivity index (χ2n) is 22.5. The Morgan fingerprint density at radius 3 is 1.28 bits per heavy atom. The number of aliphatic hydroxyl groups is 18. The largest absolute Gasteiger partial charge is 0.394 e. The summed E-state index contributed by atoms with van der Waals surface area (Å²) in [5, 5.41) is 192. The van der Waals surface area contributed by atoms with Gasteiger partial charge in [-0.1, -0.05) is 27.7 Å². The van der Waals surface area contributed by atoms with Crippen molar-refractivity contribution in [1.29, 1.82) is 0 Å². The van der Waals surface area contributed by atoms with Gasteiger partial charge in [0, 0.05) is 26.2 Å². The van der Waals surface area contributed by atoms with E-state index in [9.17, 15) is 91.9 Å². The number of nitrogens with zero attached hydrogens (tertiary/aromatic N) is 2. The molecule has 0 saturated carbocycles. The first-order valence-corrected chi connectivity index (χ1v) is 27.6. The minimum Gasteiger partial charge on any atom is -0.394 e. The van der Waals surface area contributed by atoms with Crippen LogP contribution >= 0.6 is 0 Å². The van der Waals surface area contributed by atoms with Crippen LogP contribution in [0.3, 0.4) is 0 Å². The molecule has 7 fully saturated rings. The summed E-state index contributed by atoms with van der Waals surface area (Å²) in [5.74, 6) is -0.779. The van der Waals surface area contributed by atoms with Gasteiger partial charge in [0.05, 0.1) is 70.7 Å². The van der Waals surface area contributed by atoms with E-state index < -0.39 is 236 Å². The van der Waals surface area contributed by atoms with Gasteiger partial charge in [-0.25, -0.2) is 0 Å². The molecule has 7 heterocycles. The molecular weight excluding hydrogens is 1100 g/mol. The molecule has 81 heavy (non-hydrogen) atoms. The zero-order chi connectivity index (χ0) is 59.3. The van der Waals surface area contributed by atoms with Gasteiger partial charge in [-0.2, -0.15) is 0 Å². The third kappa shape index (κ3) is 15.5. The van der Waals surface area contributed by atoms with Crippen LogP contribution in [-0.4, -0.2) is 365 Å². The van der Waals surface area contributed by atoms with Crippen LogP contribution in [0.5, 0.6) is 0 Å². The predicted octanol–water partition coefficient (Wildman–Crippen LogP) is -10.7. The number of aliphatic hydroxyl groups excluding tert-OH is 18. The molecule has 30 unspecified atom stereocenters. The second kappa shape index (κ2) is 30.1. The average Bonchev–Trinajstić information content (AvgIpc) is 3.65. The van der Waals surface area contributed by atoms with E-state index in [-0.39, 0.29) is 32.1 Å². The highest BCUT2D eigenvalue weighted by Crippen LogP contribution is 2.36. The molecule has 7 saturated heterocycles. The van der Waals surface area contributed by atoms with E-state index in [1.165, 1.54) is 0 Å². The highest BCUT2D eigenvalue weighted by atomic mass is 16.8. The van der Waals surface area contributed by atoms with E-state index in [4.69, 9.17) is 56.8 Å². The van der Waals surface area contributed by atoms with Gasteiger partial charge in [0.15, 0.2) is 37.7 Å². The summed E-state index contributed by atoms with van der Waals surface area (Å²) in [7, 11) is 0. The minimum atomic E-state index is -1.86. The first-order valence-electron chi connectivity index (χ1n) is 27.6. The fourth-order valence-corrected chi connectivity index (χ4v) is 11.2. The van der Waals surface area contributed by atoms with Crippen molar-refractivity contribution in [2.24, 2.45) is 11.8 Å². The van der Waals surface area contributed by atoms with Gasteiger partial charge in [0.25, 0.3) is 0 Å². The van der Waals surface area contributed by atoms with Gasteiger partial charge in [-0.05, 0) is 24.8 Å². The summed E-state index contributed by atoms with van der Waals surface area (Å²) >= 11 is 0. The third-order valence-corrected chi connectivity index (χ3v) is 15.9. The standard InChI is InChI=1S/C49H88N2O30/c1-18(2)40-37(66)42(80-47-35(64)33(62)28(57)22(13-54)77-47)31(60)25(74-40)16-70-46-39(68)44(30(59)24(15-56)76-46)79-27-10-50(8-20(11-52)72-27)6-5-7-51-9-21(12-53)73-49(45(51)69)71-17-26-32(61)43(38(67)41(75-26)19(3)4)81-48-36(65)34(63)29(58)23(14-55)78-48/h18-49,52-69H,5-17H2,1-4H3. The fourth-order valence-electron chi connectivity index (χ4n) is 11.2. The van der Waals surface area contributed by atoms with Crippen molar-refractivity contribution in [3.05, 3.63) is 0 Å². The maximum absolute atomic E-state index is 11.6. The predicted molar refractivity (Wildman–Crippen MR) is 263 cm³/mol. The lowest BCUT2D eigenvalue weighted by molar-refractivity contribution is -0.354. The monoisotopic (exact) mass is 1180 g/mol. The van der Waals surface area contributed by atoms with E-state index in [0.29, 0.717) is 13.0 Å². The Morgan fingerprint density at radius 2 is 0.815 bits per heavy atom. The quantitative estimate of drug-likeness (QED) is 0.0452. The van der Waals surface area contributed by atoms with Crippen LogP contribution in [0.2, 0.25) is 0 Å². The van der Waals surface area contributed by atoms with E-state index in [1.807, 2.05) is 4.90 Å². The molecular formula is C49H88N2O30. The van der Waals surface area contributed by atoms with Gasteiger partial charge in [0.2, 0.25) is 0 Å². The molecule has 0 aromatic heterocycles. The summed E-state index contributed by atoms with van der Waals surface area (Å²) < 4.78 is 70.2. The van der Waals surface area contributed by atoms with E-state index in [0.717, 1.165) is 0 Å². The van der Waals surface area contributed by atoms with Gasteiger partial charge in [-0.15, -0.1) is 0 Å². The lowest BCUT2D eigenvalue weighted by Gasteiger charge is -2.48. The van der Waals surface area contributed by atoms with Crippen LogP contribution in [0, 0.1) is 11.8 Å². The van der Waals surface area contributed by atoms with Crippen LogP contribution in [0.25, 0.3) is 0 Å². The molecule has 0 aromatic rings. The Morgan fingerprint density at radius 1 is 0.383 bits per heavy atom. The molecule has 0 spiro atoms. The van der Waals surface area contributed by atoms with Crippen molar-refractivity contribution in [2.45, 2.75) is 218 Å². The lowest BCUT2D eigenvalue weighted by Crippen LogP contribution is -2.65. The van der Waals surface area contributed by atoms with Crippen LogP contribution in [0.15, 0.2) is 0 Å². The maximum atomic E-state index is 11.6.